The molecule has 1 aromatic rings. The summed E-state index contributed by atoms with van der Waals surface area (Å²) in [6.45, 7) is 2.41. The molecule has 0 fully saturated rings. The number of aliphatic hydroxyl groups is 1. The lowest BCUT2D eigenvalue weighted by molar-refractivity contribution is 0.445. The summed E-state index contributed by atoms with van der Waals surface area (Å²) in [5.74, 6) is 0.195. The Labute approximate surface area is 94.9 Å². The van der Waals surface area contributed by atoms with Crippen LogP contribution in [0.15, 0.2) is 41.1 Å². The molecule has 1 rings (SSSR count). The fraction of sp³-hybridized carbons (Fsp3) is 0.250. The van der Waals surface area contributed by atoms with Crippen molar-refractivity contribution in [1.82, 2.24) is 0 Å². The van der Waals surface area contributed by atoms with Gasteiger partial charge >= 0.3 is 0 Å². The highest BCUT2D eigenvalue weighted by Gasteiger charge is 1.92. The third-order valence-electron chi connectivity index (χ3n) is 1.94. The molecule has 0 aliphatic carbocycles. The van der Waals surface area contributed by atoms with Crippen LogP contribution in [0.1, 0.15) is 12.5 Å². The van der Waals surface area contributed by atoms with Gasteiger partial charge in [0.15, 0.2) is 0 Å². The van der Waals surface area contributed by atoms with Crippen LogP contribution in [0.4, 0.5) is 0 Å². The van der Waals surface area contributed by atoms with Crippen LogP contribution in [0.3, 0.4) is 0 Å². The first-order chi connectivity index (χ1) is 7.22. The minimum atomic E-state index is 0.195. The Morgan fingerprint density at radius 3 is 3.00 bits per heavy atom. The first-order valence-electron chi connectivity index (χ1n) is 4.82. The van der Waals surface area contributed by atoms with Gasteiger partial charge in [0.2, 0.25) is 0 Å². The van der Waals surface area contributed by atoms with Gasteiger partial charge < -0.3 is 5.11 Å². The van der Waals surface area contributed by atoms with Gasteiger partial charge in [0.25, 0.3) is 0 Å². The van der Waals surface area contributed by atoms with Crippen molar-refractivity contribution in [3.05, 3.63) is 46.7 Å². The number of halogens is 1. The number of benzene rings is 1. The maximum atomic E-state index is 9.09. The van der Waals surface area contributed by atoms with Crippen molar-refractivity contribution in [3.8, 4) is 0 Å². The molecule has 0 unspecified atom stereocenters. The fourth-order valence-electron chi connectivity index (χ4n) is 1.12. The van der Waals surface area contributed by atoms with E-state index in [2.05, 4.69) is 4.99 Å². The molecule has 0 amide bonds. The van der Waals surface area contributed by atoms with Gasteiger partial charge in [-0.15, -0.1) is 0 Å². The molecule has 0 bridgehead atoms. The maximum absolute atomic E-state index is 9.09. The molecule has 0 radical (unpaired) electrons. The molecule has 0 aromatic heterocycles. The van der Waals surface area contributed by atoms with E-state index in [4.69, 9.17) is 16.7 Å². The Balaban J connectivity index is 2.41. The molecule has 0 heterocycles. The monoisotopic (exact) mass is 223 g/mol. The second-order valence-electron chi connectivity index (χ2n) is 3.13. The lowest BCUT2D eigenvalue weighted by Crippen LogP contribution is -1.91. The smallest absolute Gasteiger partial charge is 0.129 e. The van der Waals surface area contributed by atoms with Gasteiger partial charge in [-0.3, -0.25) is 4.99 Å². The Hall–Kier alpha value is -1.28. The van der Waals surface area contributed by atoms with Crippen LogP contribution >= 0.6 is 11.6 Å². The standard InChI is InChI=1S/C12H14ClNO/c1-2-12(15)9-14-7-6-10-4-3-5-11(13)8-10/h2-5,8-9,15H,6-7H2,1H3/b12-2+,14-9?. The number of rotatable bonds is 4. The normalized spacial score (nSPS) is 12.3. The van der Waals surface area contributed by atoms with Crippen molar-refractivity contribution in [2.75, 3.05) is 6.54 Å². The van der Waals surface area contributed by atoms with Gasteiger partial charge in [0.05, 0.1) is 6.21 Å². The van der Waals surface area contributed by atoms with Gasteiger partial charge in [-0.2, -0.15) is 0 Å². The van der Waals surface area contributed by atoms with Crippen LogP contribution in [0.25, 0.3) is 0 Å². The second-order valence-corrected chi connectivity index (χ2v) is 3.57. The number of aliphatic imine (C=N–C) groups is 1. The molecule has 0 atom stereocenters. The van der Waals surface area contributed by atoms with Gasteiger partial charge in [0, 0.05) is 11.6 Å². The molecule has 0 saturated heterocycles. The molecular weight excluding hydrogens is 210 g/mol. The summed E-state index contributed by atoms with van der Waals surface area (Å²) in [6.07, 6.45) is 3.89. The minimum absolute atomic E-state index is 0.195. The summed E-state index contributed by atoms with van der Waals surface area (Å²) < 4.78 is 0. The first kappa shape index (κ1) is 11.8. The molecular formula is C12H14ClNO. The zero-order chi connectivity index (χ0) is 11.1. The highest BCUT2D eigenvalue weighted by atomic mass is 35.5. The van der Waals surface area contributed by atoms with Crippen molar-refractivity contribution in [2.24, 2.45) is 4.99 Å². The highest BCUT2D eigenvalue weighted by Crippen LogP contribution is 2.10. The Bertz CT molecular complexity index is 372. The summed E-state index contributed by atoms with van der Waals surface area (Å²) in [5.41, 5.74) is 1.15. The number of hydrogen-bond acceptors (Lipinski definition) is 2. The third kappa shape index (κ3) is 4.66. The second kappa shape index (κ2) is 6.25. The van der Waals surface area contributed by atoms with Crippen molar-refractivity contribution in [1.29, 1.82) is 0 Å². The molecule has 80 valence electrons. The molecule has 0 aliphatic rings. The minimum Gasteiger partial charge on any atom is -0.507 e. The fourth-order valence-corrected chi connectivity index (χ4v) is 1.33. The molecule has 2 nitrogen and oxygen atoms in total. The van der Waals surface area contributed by atoms with Gasteiger partial charge in [-0.25, -0.2) is 0 Å². The lowest BCUT2D eigenvalue weighted by atomic mass is 10.1. The molecule has 0 saturated carbocycles. The lowest BCUT2D eigenvalue weighted by Gasteiger charge is -1.98. The summed E-state index contributed by atoms with van der Waals surface area (Å²) in [7, 11) is 0. The zero-order valence-electron chi connectivity index (χ0n) is 8.65. The van der Waals surface area contributed by atoms with E-state index in [-0.39, 0.29) is 5.76 Å². The molecule has 1 N–H and O–H groups in total. The average Bonchev–Trinajstić information content (AvgIpc) is 2.24. The van der Waals surface area contributed by atoms with E-state index in [0.29, 0.717) is 6.54 Å². The van der Waals surface area contributed by atoms with E-state index in [9.17, 15) is 0 Å². The summed E-state index contributed by atoms with van der Waals surface area (Å²) >= 11 is 5.84. The molecule has 0 aliphatic heterocycles. The van der Waals surface area contributed by atoms with Gasteiger partial charge in [-0.05, 0) is 37.1 Å². The van der Waals surface area contributed by atoms with Crippen LogP contribution in [-0.2, 0) is 6.42 Å². The Morgan fingerprint density at radius 1 is 1.53 bits per heavy atom. The van der Waals surface area contributed by atoms with Crippen molar-refractivity contribution < 1.29 is 5.11 Å². The zero-order valence-corrected chi connectivity index (χ0v) is 9.41. The average molecular weight is 224 g/mol. The quantitative estimate of drug-likeness (QED) is 0.616. The van der Waals surface area contributed by atoms with Crippen molar-refractivity contribution in [2.45, 2.75) is 13.3 Å². The SMILES string of the molecule is C/C=C(/O)C=NCCc1cccc(Cl)c1. The van der Waals surface area contributed by atoms with Crippen LogP contribution < -0.4 is 0 Å². The Kier molecular flexibility index (Phi) is 4.91. The van der Waals surface area contributed by atoms with Crippen LogP contribution in [0, 0.1) is 0 Å². The Morgan fingerprint density at radius 2 is 2.33 bits per heavy atom. The van der Waals surface area contributed by atoms with Crippen LogP contribution in [0.5, 0.6) is 0 Å². The largest absolute Gasteiger partial charge is 0.507 e. The van der Waals surface area contributed by atoms with E-state index < -0.39 is 0 Å². The predicted octanol–water partition coefficient (Wildman–Crippen LogP) is 3.42. The van der Waals surface area contributed by atoms with E-state index in [0.717, 1.165) is 17.0 Å². The van der Waals surface area contributed by atoms with E-state index in [1.807, 2.05) is 24.3 Å². The molecule has 0 spiro atoms. The van der Waals surface area contributed by atoms with Crippen LogP contribution in [-0.4, -0.2) is 17.9 Å². The van der Waals surface area contributed by atoms with Crippen molar-refractivity contribution >= 4 is 17.8 Å². The number of aliphatic hydroxyl groups excluding tert-OH is 1. The van der Waals surface area contributed by atoms with E-state index >= 15 is 0 Å². The van der Waals surface area contributed by atoms with Gasteiger partial charge in [0.1, 0.15) is 5.76 Å². The number of allylic oxidation sites excluding steroid dienone is 2. The third-order valence-corrected chi connectivity index (χ3v) is 2.17. The number of hydrogen-bond donors (Lipinski definition) is 1. The van der Waals surface area contributed by atoms with Crippen LogP contribution in [0.2, 0.25) is 5.02 Å². The number of nitrogens with zero attached hydrogens (tertiary/aromatic N) is 1. The summed E-state index contributed by atoms with van der Waals surface area (Å²) in [6, 6.07) is 7.70. The van der Waals surface area contributed by atoms with E-state index in [1.165, 1.54) is 6.21 Å². The van der Waals surface area contributed by atoms with Crippen molar-refractivity contribution in [3.63, 3.8) is 0 Å². The first-order valence-corrected chi connectivity index (χ1v) is 5.19. The topological polar surface area (TPSA) is 32.6 Å². The predicted molar refractivity (Wildman–Crippen MR) is 64.9 cm³/mol. The van der Waals surface area contributed by atoms with E-state index in [1.54, 1.807) is 13.0 Å². The summed E-state index contributed by atoms with van der Waals surface area (Å²) in [5, 5.41) is 9.83. The highest BCUT2D eigenvalue weighted by molar-refractivity contribution is 6.30. The molecule has 15 heavy (non-hydrogen) atoms. The molecule has 3 heteroatoms. The summed E-state index contributed by atoms with van der Waals surface area (Å²) in [4.78, 5) is 4.08. The molecule has 1 aromatic carbocycles. The van der Waals surface area contributed by atoms with Gasteiger partial charge in [-0.1, -0.05) is 23.7 Å². The maximum Gasteiger partial charge on any atom is 0.129 e.